The molecular formula is C14H27NO2. The number of nitrogens with zero attached hydrogens (tertiary/aromatic N) is 1. The van der Waals surface area contributed by atoms with Crippen molar-refractivity contribution in [3.05, 3.63) is 0 Å². The second kappa shape index (κ2) is 5.68. The monoisotopic (exact) mass is 241 g/mol. The number of hydrogen-bond donors (Lipinski definition) is 1. The second-order valence-corrected chi connectivity index (χ2v) is 6.36. The molecule has 0 saturated carbocycles. The van der Waals surface area contributed by atoms with Crippen LogP contribution in [0.2, 0.25) is 0 Å². The van der Waals surface area contributed by atoms with Crippen molar-refractivity contribution in [1.82, 2.24) is 4.90 Å². The molecule has 0 aromatic carbocycles. The highest BCUT2D eigenvalue weighted by molar-refractivity contribution is 4.89. The molecule has 1 N–H and O–H groups in total. The van der Waals surface area contributed by atoms with Crippen molar-refractivity contribution < 1.29 is 9.84 Å². The van der Waals surface area contributed by atoms with E-state index in [1.165, 1.54) is 32.4 Å². The van der Waals surface area contributed by atoms with Gasteiger partial charge in [0.05, 0.1) is 25.2 Å². The van der Waals surface area contributed by atoms with Gasteiger partial charge in [0.1, 0.15) is 0 Å². The zero-order chi connectivity index (χ0) is 12.3. The molecule has 17 heavy (non-hydrogen) atoms. The van der Waals surface area contributed by atoms with Gasteiger partial charge in [-0.1, -0.05) is 13.8 Å². The van der Waals surface area contributed by atoms with Gasteiger partial charge in [0.25, 0.3) is 0 Å². The van der Waals surface area contributed by atoms with Crippen molar-refractivity contribution >= 4 is 0 Å². The molecule has 0 radical (unpaired) electrons. The average Bonchev–Trinajstić information content (AvgIpc) is 2.48. The molecular weight excluding hydrogens is 214 g/mol. The summed E-state index contributed by atoms with van der Waals surface area (Å²) < 4.78 is 5.27. The maximum atomic E-state index is 9.47. The van der Waals surface area contributed by atoms with Crippen molar-refractivity contribution in [2.75, 3.05) is 39.5 Å². The van der Waals surface area contributed by atoms with E-state index >= 15 is 0 Å². The number of hydrogen-bond acceptors (Lipinski definition) is 3. The molecule has 1 atom stereocenters. The highest BCUT2D eigenvalue weighted by Gasteiger charge is 2.39. The molecule has 0 amide bonds. The quantitative estimate of drug-likeness (QED) is 0.814. The predicted molar refractivity (Wildman–Crippen MR) is 69.0 cm³/mol. The molecule has 0 aromatic heterocycles. The van der Waals surface area contributed by atoms with Crippen LogP contribution in [0.3, 0.4) is 0 Å². The fraction of sp³-hybridized carbons (Fsp3) is 1.00. The molecule has 2 rings (SSSR count). The second-order valence-electron chi connectivity index (χ2n) is 6.36. The third kappa shape index (κ3) is 3.21. The Hall–Kier alpha value is -0.120. The molecule has 0 bridgehead atoms. The minimum atomic E-state index is 0.0532. The van der Waals surface area contributed by atoms with Gasteiger partial charge in [0, 0.05) is 6.54 Å². The number of aliphatic hydroxyl groups is 1. The summed E-state index contributed by atoms with van der Waals surface area (Å²) in [6.45, 7) is 9.87. The van der Waals surface area contributed by atoms with Crippen LogP contribution in [-0.4, -0.2) is 49.5 Å². The molecule has 2 fully saturated rings. The number of ether oxygens (including phenoxy) is 1. The molecule has 2 saturated heterocycles. The first-order chi connectivity index (χ1) is 8.15. The maximum absolute atomic E-state index is 9.47. The highest BCUT2D eigenvalue weighted by atomic mass is 16.5. The molecule has 2 aliphatic heterocycles. The first kappa shape index (κ1) is 13.3. The van der Waals surface area contributed by atoms with Crippen LogP contribution >= 0.6 is 0 Å². The normalized spacial score (nSPS) is 30.0. The van der Waals surface area contributed by atoms with E-state index < -0.39 is 0 Å². The lowest BCUT2D eigenvalue weighted by molar-refractivity contribution is -0.148. The Morgan fingerprint density at radius 1 is 1.29 bits per heavy atom. The van der Waals surface area contributed by atoms with E-state index in [0.717, 1.165) is 31.6 Å². The predicted octanol–water partition coefficient (Wildman–Crippen LogP) is 1.75. The lowest BCUT2D eigenvalue weighted by atomic mass is 9.86. The van der Waals surface area contributed by atoms with Gasteiger partial charge in [-0.2, -0.15) is 0 Å². The third-order valence-corrected chi connectivity index (χ3v) is 4.52. The highest BCUT2D eigenvalue weighted by Crippen LogP contribution is 2.30. The summed E-state index contributed by atoms with van der Waals surface area (Å²) in [7, 11) is 0. The van der Waals surface area contributed by atoms with Crippen molar-refractivity contribution in [2.24, 2.45) is 17.3 Å². The molecule has 2 heterocycles. The Bertz CT molecular complexity index is 233. The molecule has 0 spiro atoms. The lowest BCUT2D eigenvalue weighted by Gasteiger charge is -2.43. The smallest absolute Gasteiger partial charge is 0.0579 e. The zero-order valence-corrected chi connectivity index (χ0v) is 11.3. The minimum absolute atomic E-state index is 0.0532. The van der Waals surface area contributed by atoms with Crippen LogP contribution in [0.4, 0.5) is 0 Å². The topological polar surface area (TPSA) is 32.7 Å². The van der Waals surface area contributed by atoms with E-state index in [2.05, 4.69) is 18.7 Å². The van der Waals surface area contributed by atoms with Crippen molar-refractivity contribution in [1.29, 1.82) is 0 Å². The Balaban J connectivity index is 1.82. The molecule has 2 aliphatic rings. The molecule has 1 unspecified atom stereocenters. The molecule has 0 aliphatic carbocycles. The largest absolute Gasteiger partial charge is 0.396 e. The van der Waals surface area contributed by atoms with E-state index in [0.29, 0.717) is 0 Å². The van der Waals surface area contributed by atoms with Crippen LogP contribution < -0.4 is 0 Å². The van der Waals surface area contributed by atoms with Crippen molar-refractivity contribution in [3.63, 3.8) is 0 Å². The maximum Gasteiger partial charge on any atom is 0.0579 e. The van der Waals surface area contributed by atoms with Gasteiger partial charge in [-0.15, -0.1) is 0 Å². The van der Waals surface area contributed by atoms with Gasteiger partial charge >= 0.3 is 0 Å². The SMILES string of the molecule is CC(C)C1CCCN(CC2(CO)COC2)CC1. The van der Waals surface area contributed by atoms with Gasteiger partial charge in [-0.05, 0) is 44.2 Å². The van der Waals surface area contributed by atoms with Crippen molar-refractivity contribution in [3.8, 4) is 0 Å². The van der Waals surface area contributed by atoms with E-state index in [1.807, 2.05) is 0 Å². The van der Waals surface area contributed by atoms with Gasteiger partial charge in [0.15, 0.2) is 0 Å². The summed E-state index contributed by atoms with van der Waals surface area (Å²) in [4.78, 5) is 2.54. The third-order valence-electron chi connectivity index (χ3n) is 4.52. The van der Waals surface area contributed by atoms with Crippen LogP contribution in [0.15, 0.2) is 0 Å². The Morgan fingerprint density at radius 3 is 2.59 bits per heavy atom. The van der Waals surface area contributed by atoms with Crippen molar-refractivity contribution in [2.45, 2.75) is 33.1 Å². The Kier molecular flexibility index (Phi) is 4.45. The molecule has 3 nitrogen and oxygen atoms in total. The summed E-state index contributed by atoms with van der Waals surface area (Å²) in [6, 6.07) is 0. The zero-order valence-electron chi connectivity index (χ0n) is 11.3. The minimum Gasteiger partial charge on any atom is -0.396 e. The van der Waals surface area contributed by atoms with Crippen LogP contribution in [0.25, 0.3) is 0 Å². The summed E-state index contributed by atoms with van der Waals surface area (Å²) in [6.07, 6.45) is 4.00. The average molecular weight is 241 g/mol. The molecule has 0 aromatic rings. The summed E-state index contributed by atoms with van der Waals surface area (Å²) in [5, 5.41) is 9.47. The fourth-order valence-electron chi connectivity index (χ4n) is 3.10. The van der Waals surface area contributed by atoms with E-state index in [4.69, 9.17) is 4.74 Å². The fourth-order valence-corrected chi connectivity index (χ4v) is 3.10. The summed E-state index contributed by atoms with van der Waals surface area (Å²) in [5.41, 5.74) is 0.0532. The first-order valence-corrected chi connectivity index (χ1v) is 7.06. The van der Waals surface area contributed by atoms with Crippen LogP contribution in [0.1, 0.15) is 33.1 Å². The molecule has 3 heteroatoms. The standard InChI is InChI=1S/C14H27NO2/c1-12(2)13-4-3-6-15(7-5-13)8-14(9-16)10-17-11-14/h12-13,16H,3-11H2,1-2H3. The van der Waals surface area contributed by atoms with Gasteiger partial charge in [0.2, 0.25) is 0 Å². The first-order valence-electron chi connectivity index (χ1n) is 7.06. The summed E-state index contributed by atoms with van der Waals surface area (Å²) in [5.74, 6) is 1.71. The number of rotatable bonds is 4. The lowest BCUT2D eigenvalue weighted by Crippen LogP contribution is -2.53. The Labute approximate surface area is 105 Å². The van der Waals surface area contributed by atoms with E-state index in [-0.39, 0.29) is 12.0 Å². The van der Waals surface area contributed by atoms with Crippen LogP contribution in [0.5, 0.6) is 0 Å². The van der Waals surface area contributed by atoms with E-state index in [1.54, 1.807) is 0 Å². The van der Waals surface area contributed by atoms with Crippen LogP contribution in [0, 0.1) is 17.3 Å². The van der Waals surface area contributed by atoms with Gasteiger partial charge in [-0.25, -0.2) is 0 Å². The number of likely N-dealkylation sites (tertiary alicyclic amines) is 1. The van der Waals surface area contributed by atoms with Gasteiger partial charge < -0.3 is 14.7 Å². The summed E-state index contributed by atoms with van der Waals surface area (Å²) >= 11 is 0. The number of aliphatic hydroxyl groups excluding tert-OH is 1. The van der Waals surface area contributed by atoms with E-state index in [9.17, 15) is 5.11 Å². The van der Waals surface area contributed by atoms with Gasteiger partial charge in [-0.3, -0.25) is 0 Å². The Morgan fingerprint density at radius 2 is 2.06 bits per heavy atom. The van der Waals surface area contributed by atoms with Crippen LogP contribution in [-0.2, 0) is 4.74 Å². The molecule has 100 valence electrons.